The molecular formula is C16H17Br2NO3S. The summed E-state index contributed by atoms with van der Waals surface area (Å²) in [5.74, 6) is 1.43. The van der Waals surface area contributed by atoms with Crippen LogP contribution in [0.2, 0.25) is 0 Å². The Bertz CT molecular complexity index is 675. The summed E-state index contributed by atoms with van der Waals surface area (Å²) < 4.78 is 7.74. The largest absolute Gasteiger partial charge is 0.480 e. The molecule has 4 nitrogen and oxygen atoms in total. The number of carboxylic acids is 1. The van der Waals surface area contributed by atoms with Crippen molar-refractivity contribution in [3.8, 4) is 11.3 Å². The molecule has 0 aliphatic carbocycles. The molecule has 1 heterocycles. The maximum Gasteiger partial charge on any atom is 0.320 e. The molecule has 2 aromatic rings. The number of hydrogen-bond donors (Lipinski definition) is 2. The average Bonchev–Trinajstić information content (AvgIpc) is 2.95. The molecular weight excluding hydrogens is 446 g/mol. The van der Waals surface area contributed by atoms with Gasteiger partial charge in [-0.05, 0) is 64.7 Å². The van der Waals surface area contributed by atoms with E-state index in [-0.39, 0.29) is 0 Å². The number of hydrogen-bond acceptors (Lipinski definition) is 4. The van der Waals surface area contributed by atoms with Crippen molar-refractivity contribution in [2.24, 2.45) is 0 Å². The van der Waals surface area contributed by atoms with Crippen LogP contribution in [-0.2, 0) is 11.3 Å². The zero-order valence-electron chi connectivity index (χ0n) is 12.5. The number of thioether (sulfide) groups is 1. The van der Waals surface area contributed by atoms with Crippen LogP contribution >= 0.6 is 43.6 Å². The first-order chi connectivity index (χ1) is 11.0. The molecule has 124 valence electrons. The van der Waals surface area contributed by atoms with Crippen LogP contribution in [0.4, 0.5) is 0 Å². The predicted molar refractivity (Wildman–Crippen MR) is 101 cm³/mol. The van der Waals surface area contributed by atoms with Crippen LogP contribution in [0.25, 0.3) is 11.3 Å². The summed E-state index contributed by atoms with van der Waals surface area (Å²) in [5.41, 5.74) is 0.955. The molecule has 1 aromatic heterocycles. The summed E-state index contributed by atoms with van der Waals surface area (Å²) in [6.07, 6.45) is 2.55. The number of carbonyl (C=O) groups is 1. The second kappa shape index (κ2) is 8.92. The normalized spacial score (nSPS) is 12.3. The van der Waals surface area contributed by atoms with Crippen molar-refractivity contribution in [2.45, 2.75) is 19.0 Å². The molecule has 1 atom stereocenters. The Morgan fingerprint density at radius 3 is 2.78 bits per heavy atom. The molecule has 2 rings (SSSR count). The fourth-order valence-electron chi connectivity index (χ4n) is 2.08. The van der Waals surface area contributed by atoms with E-state index in [0.29, 0.717) is 18.7 Å². The SMILES string of the molecule is CSCCC(NCc1ccc(-c2ccc(Br)cc2Br)o1)C(=O)O. The van der Waals surface area contributed by atoms with E-state index in [9.17, 15) is 9.90 Å². The van der Waals surface area contributed by atoms with Crippen molar-refractivity contribution < 1.29 is 14.3 Å². The molecule has 1 aromatic carbocycles. The van der Waals surface area contributed by atoms with E-state index in [0.717, 1.165) is 26.0 Å². The minimum absolute atomic E-state index is 0.388. The summed E-state index contributed by atoms with van der Waals surface area (Å²) in [7, 11) is 0. The maximum absolute atomic E-state index is 11.2. The minimum Gasteiger partial charge on any atom is -0.480 e. The van der Waals surface area contributed by atoms with Crippen LogP contribution in [0.3, 0.4) is 0 Å². The van der Waals surface area contributed by atoms with Gasteiger partial charge in [-0.3, -0.25) is 10.1 Å². The van der Waals surface area contributed by atoms with Crippen molar-refractivity contribution in [3.63, 3.8) is 0 Å². The van der Waals surface area contributed by atoms with Gasteiger partial charge in [-0.25, -0.2) is 0 Å². The van der Waals surface area contributed by atoms with Gasteiger partial charge in [0.05, 0.1) is 6.54 Å². The Labute approximate surface area is 156 Å². The van der Waals surface area contributed by atoms with Gasteiger partial charge in [0.2, 0.25) is 0 Å². The van der Waals surface area contributed by atoms with Gasteiger partial charge in [0, 0.05) is 14.5 Å². The van der Waals surface area contributed by atoms with Crippen LogP contribution in [-0.4, -0.2) is 29.1 Å². The third kappa shape index (κ3) is 5.38. The van der Waals surface area contributed by atoms with Crippen molar-refractivity contribution in [1.82, 2.24) is 5.32 Å². The number of rotatable bonds is 8. The average molecular weight is 463 g/mol. The van der Waals surface area contributed by atoms with Gasteiger partial charge < -0.3 is 9.52 Å². The van der Waals surface area contributed by atoms with Gasteiger partial charge in [0.1, 0.15) is 17.6 Å². The molecule has 0 fully saturated rings. The van der Waals surface area contributed by atoms with Gasteiger partial charge in [0.15, 0.2) is 0 Å². The standard InChI is InChI=1S/C16H17Br2NO3S/c1-23-7-6-14(16(20)21)19-9-11-3-5-15(22-11)12-4-2-10(17)8-13(12)18/h2-5,8,14,19H,6-7,9H2,1H3,(H,20,21). The first-order valence-corrected chi connectivity index (χ1v) is 9.98. The van der Waals surface area contributed by atoms with Crippen LogP contribution in [0, 0.1) is 0 Å². The Morgan fingerprint density at radius 2 is 2.13 bits per heavy atom. The first kappa shape index (κ1) is 18.6. The van der Waals surface area contributed by atoms with E-state index in [1.165, 1.54) is 0 Å². The van der Waals surface area contributed by atoms with Crippen LogP contribution in [0.1, 0.15) is 12.2 Å². The highest BCUT2D eigenvalue weighted by atomic mass is 79.9. The Hall–Kier alpha value is -0.760. The van der Waals surface area contributed by atoms with E-state index >= 15 is 0 Å². The Morgan fingerprint density at radius 1 is 1.35 bits per heavy atom. The zero-order valence-corrected chi connectivity index (χ0v) is 16.5. The fraction of sp³-hybridized carbons (Fsp3) is 0.312. The molecule has 0 aliphatic rings. The van der Waals surface area contributed by atoms with E-state index in [2.05, 4.69) is 37.2 Å². The molecule has 0 saturated heterocycles. The van der Waals surface area contributed by atoms with E-state index in [1.54, 1.807) is 11.8 Å². The zero-order chi connectivity index (χ0) is 16.8. The molecule has 0 bridgehead atoms. The van der Waals surface area contributed by atoms with Gasteiger partial charge in [-0.2, -0.15) is 11.8 Å². The molecule has 0 spiro atoms. The molecule has 23 heavy (non-hydrogen) atoms. The number of halogens is 2. The number of aliphatic carboxylic acids is 1. The van der Waals surface area contributed by atoms with E-state index in [4.69, 9.17) is 4.42 Å². The van der Waals surface area contributed by atoms with Gasteiger partial charge in [-0.1, -0.05) is 15.9 Å². The van der Waals surface area contributed by atoms with E-state index in [1.807, 2.05) is 36.6 Å². The Balaban J connectivity index is 2.03. The summed E-state index contributed by atoms with van der Waals surface area (Å²) >= 11 is 8.58. The summed E-state index contributed by atoms with van der Waals surface area (Å²) in [6.45, 7) is 0.388. The molecule has 1 unspecified atom stereocenters. The highest BCUT2D eigenvalue weighted by molar-refractivity contribution is 9.11. The number of carboxylic acid groups (broad SMARTS) is 1. The lowest BCUT2D eigenvalue weighted by molar-refractivity contribution is -0.139. The summed E-state index contributed by atoms with van der Waals surface area (Å²) in [5, 5.41) is 12.2. The maximum atomic E-state index is 11.2. The lowest BCUT2D eigenvalue weighted by Crippen LogP contribution is -2.36. The topological polar surface area (TPSA) is 62.5 Å². The number of nitrogens with one attached hydrogen (secondary N) is 1. The third-order valence-electron chi connectivity index (χ3n) is 3.29. The van der Waals surface area contributed by atoms with Gasteiger partial charge in [0.25, 0.3) is 0 Å². The molecule has 0 aliphatic heterocycles. The van der Waals surface area contributed by atoms with Crippen molar-refractivity contribution in [2.75, 3.05) is 12.0 Å². The highest BCUT2D eigenvalue weighted by Crippen LogP contribution is 2.31. The molecule has 2 N–H and O–H groups in total. The van der Waals surface area contributed by atoms with Crippen molar-refractivity contribution in [1.29, 1.82) is 0 Å². The number of furan rings is 1. The predicted octanol–water partition coefficient (Wildman–Crippen LogP) is 4.77. The third-order valence-corrected chi connectivity index (χ3v) is 5.08. The monoisotopic (exact) mass is 461 g/mol. The van der Waals surface area contributed by atoms with Crippen molar-refractivity contribution in [3.05, 3.63) is 45.0 Å². The highest BCUT2D eigenvalue weighted by Gasteiger charge is 2.17. The van der Waals surface area contributed by atoms with Crippen LogP contribution in [0.15, 0.2) is 43.7 Å². The second-order valence-electron chi connectivity index (χ2n) is 4.94. The van der Waals surface area contributed by atoms with Crippen LogP contribution in [0.5, 0.6) is 0 Å². The molecule has 0 saturated carbocycles. The second-order valence-corrected chi connectivity index (χ2v) is 7.70. The first-order valence-electron chi connectivity index (χ1n) is 7.00. The quantitative estimate of drug-likeness (QED) is 0.591. The van der Waals surface area contributed by atoms with Crippen LogP contribution < -0.4 is 5.32 Å². The molecule has 0 amide bonds. The van der Waals surface area contributed by atoms with Gasteiger partial charge in [-0.15, -0.1) is 0 Å². The van der Waals surface area contributed by atoms with Gasteiger partial charge >= 0.3 is 5.97 Å². The lowest BCUT2D eigenvalue weighted by Gasteiger charge is -2.12. The number of benzene rings is 1. The summed E-state index contributed by atoms with van der Waals surface area (Å²) in [6, 6.07) is 9.06. The molecule has 0 radical (unpaired) electrons. The van der Waals surface area contributed by atoms with Crippen molar-refractivity contribution >= 4 is 49.6 Å². The Kier molecular flexibility index (Phi) is 7.20. The van der Waals surface area contributed by atoms with E-state index < -0.39 is 12.0 Å². The smallest absolute Gasteiger partial charge is 0.320 e. The molecule has 7 heteroatoms. The minimum atomic E-state index is -0.832. The fourth-order valence-corrected chi connectivity index (χ4v) is 3.79. The lowest BCUT2D eigenvalue weighted by atomic mass is 10.2. The summed E-state index contributed by atoms with van der Waals surface area (Å²) in [4.78, 5) is 11.2.